The van der Waals surface area contributed by atoms with Crippen LogP contribution in [0, 0.1) is 5.92 Å². The number of hydrogen-bond donors (Lipinski definition) is 1. The van der Waals surface area contributed by atoms with Crippen molar-refractivity contribution in [2.75, 3.05) is 20.8 Å². The van der Waals surface area contributed by atoms with Gasteiger partial charge in [0, 0.05) is 11.6 Å². The summed E-state index contributed by atoms with van der Waals surface area (Å²) in [5.74, 6) is 2.35. The predicted octanol–water partition coefficient (Wildman–Crippen LogP) is 3.30. The Morgan fingerprint density at radius 3 is 2.48 bits per heavy atom. The van der Waals surface area contributed by atoms with Gasteiger partial charge in [0.2, 0.25) is 0 Å². The van der Waals surface area contributed by atoms with Crippen LogP contribution in [0.3, 0.4) is 0 Å². The van der Waals surface area contributed by atoms with Gasteiger partial charge in [-0.05, 0) is 43.7 Å². The van der Waals surface area contributed by atoms with Gasteiger partial charge in [0.25, 0.3) is 0 Å². The van der Waals surface area contributed by atoms with E-state index < -0.39 is 0 Å². The third-order valence-electron chi connectivity index (χ3n) is 4.31. The second-order valence-corrected chi connectivity index (χ2v) is 5.93. The van der Waals surface area contributed by atoms with Gasteiger partial charge in [-0.1, -0.05) is 6.92 Å². The van der Waals surface area contributed by atoms with Gasteiger partial charge in [0.15, 0.2) is 0 Å². The van der Waals surface area contributed by atoms with E-state index in [9.17, 15) is 0 Å². The van der Waals surface area contributed by atoms with Crippen LogP contribution in [-0.4, -0.2) is 26.9 Å². The van der Waals surface area contributed by atoms with Crippen molar-refractivity contribution in [3.05, 3.63) is 23.8 Å². The highest BCUT2D eigenvalue weighted by molar-refractivity contribution is 5.42. The van der Waals surface area contributed by atoms with Crippen LogP contribution in [0.25, 0.3) is 0 Å². The lowest BCUT2D eigenvalue weighted by Gasteiger charge is -2.27. The molecule has 2 rings (SSSR count). The molecule has 1 aromatic rings. The van der Waals surface area contributed by atoms with Gasteiger partial charge < -0.3 is 19.9 Å². The number of ether oxygens (including phenoxy) is 3. The summed E-state index contributed by atoms with van der Waals surface area (Å²) in [6.07, 6.45) is 5.16. The van der Waals surface area contributed by atoms with Crippen molar-refractivity contribution >= 4 is 0 Å². The summed E-state index contributed by atoms with van der Waals surface area (Å²) < 4.78 is 16.6. The standard InChI is InChI=1S/C17H27NO3/c1-12-4-6-13(7-5-12)21-11-16(18)15-9-8-14(19-2)10-17(15)20-3/h8-10,12-13,16H,4-7,11,18H2,1-3H3. The van der Waals surface area contributed by atoms with Crippen LogP contribution in [0.15, 0.2) is 18.2 Å². The molecule has 1 saturated carbocycles. The Balaban J connectivity index is 1.92. The van der Waals surface area contributed by atoms with E-state index in [-0.39, 0.29) is 6.04 Å². The fourth-order valence-corrected chi connectivity index (χ4v) is 2.85. The first-order valence-corrected chi connectivity index (χ1v) is 7.73. The van der Waals surface area contributed by atoms with Gasteiger partial charge in [-0.15, -0.1) is 0 Å². The van der Waals surface area contributed by atoms with Crippen LogP contribution in [0.5, 0.6) is 11.5 Å². The second-order valence-electron chi connectivity index (χ2n) is 5.93. The lowest BCUT2D eigenvalue weighted by atomic mass is 9.89. The van der Waals surface area contributed by atoms with Crippen LogP contribution in [0.2, 0.25) is 0 Å². The highest BCUT2D eigenvalue weighted by Gasteiger charge is 2.20. The van der Waals surface area contributed by atoms with Gasteiger partial charge in [-0.3, -0.25) is 0 Å². The summed E-state index contributed by atoms with van der Waals surface area (Å²) in [6, 6.07) is 5.54. The Hall–Kier alpha value is -1.26. The Morgan fingerprint density at radius 1 is 1.14 bits per heavy atom. The summed E-state index contributed by atoms with van der Waals surface area (Å²) in [7, 11) is 3.29. The third kappa shape index (κ3) is 4.35. The van der Waals surface area contributed by atoms with Crippen molar-refractivity contribution in [1.29, 1.82) is 0 Å². The molecular formula is C17H27NO3. The van der Waals surface area contributed by atoms with E-state index >= 15 is 0 Å². The highest BCUT2D eigenvalue weighted by Crippen LogP contribution is 2.30. The van der Waals surface area contributed by atoms with Crippen LogP contribution in [0.1, 0.15) is 44.2 Å². The topological polar surface area (TPSA) is 53.7 Å². The van der Waals surface area contributed by atoms with E-state index in [0.717, 1.165) is 35.8 Å². The summed E-state index contributed by atoms with van der Waals surface area (Å²) >= 11 is 0. The first-order chi connectivity index (χ1) is 10.1. The van der Waals surface area contributed by atoms with E-state index in [0.29, 0.717) is 12.7 Å². The van der Waals surface area contributed by atoms with E-state index in [1.165, 1.54) is 12.8 Å². The minimum Gasteiger partial charge on any atom is -0.497 e. The molecule has 2 N–H and O–H groups in total. The molecule has 1 atom stereocenters. The van der Waals surface area contributed by atoms with Crippen molar-refractivity contribution in [2.24, 2.45) is 11.7 Å². The van der Waals surface area contributed by atoms with Crippen molar-refractivity contribution in [1.82, 2.24) is 0 Å². The lowest BCUT2D eigenvalue weighted by molar-refractivity contribution is 0.0123. The molecule has 0 spiro atoms. The van der Waals surface area contributed by atoms with Crippen molar-refractivity contribution in [2.45, 2.75) is 44.8 Å². The van der Waals surface area contributed by atoms with E-state index in [1.807, 2.05) is 18.2 Å². The predicted molar refractivity (Wildman–Crippen MR) is 83.8 cm³/mol. The lowest BCUT2D eigenvalue weighted by Crippen LogP contribution is -2.25. The van der Waals surface area contributed by atoms with E-state index in [2.05, 4.69) is 6.92 Å². The van der Waals surface area contributed by atoms with Gasteiger partial charge in [-0.2, -0.15) is 0 Å². The SMILES string of the molecule is COc1ccc(C(N)COC2CCC(C)CC2)c(OC)c1. The minimum atomic E-state index is -0.176. The summed E-state index contributed by atoms with van der Waals surface area (Å²) in [5, 5.41) is 0. The Labute approximate surface area is 127 Å². The highest BCUT2D eigenvalue weighted by atomic mass is 16.5. The maximum atomic E-state index is 6.26. The second kappa shape index (κ2) is 7.66. The molecule has 118 valence electrons. The number of rotatable bonds is 6. The molecule has 0 aliphatic heterocycles. The molecule has 1 aliphatic carbocycles. The summed E-state index contributed by atoms with van der Waals surface area (Å²) in [5.41, 5.74) is 7.22. The zero-order chi connectivity index (χ0) is 15.2. The monoisotopic (exact) mass is 293 g/mol. The smallest absolute Gasteiger partial charge is 0.127 e. The Bertz CT molecular complexity index is 442. The molecule has 21 heavy (non-hydrogen) atoms. The Kier molecular flexibility index (Phi) is 5.88. The fraction of sp³-hybridized carbons (Fsp3) is 0.647. The van der Waals surface area contributed by atoms with Crippen LogP contribution < -0.4 is 15.2 Å². The fourth-order valence-electron chi connectivity index (χ4n) is 2.85. The number of hydrogen-bond acceptors (Lipinski definition) is 4. The molecule has 1 aromatic carbocycles. The molecule has 1 aliphatic rings. The van der Waals surface area contributed by atoms with Crippen molar-refractivity contribution < 1.29 is 14.2 Å². The minimum absolute atomic E-state index is 0.176. The molecule has 0 heterocycles. The summed E-state index contributed by atoms with van der Waals surface area (Å²) in [6.45, 7) is 2.84. The molecule has 1 fully saturated rings. The normalized spacial score (nSPS) is 23.6. The number of benzene rings is 1. The van der Waals surface area contributed by atoms with Gasteiger partial charge >= 0.3 is 0 Å². The number of nitrogens with two attached hydrogens (primary N) is 1. The molecule has 0 saturated heterocycles. The molecule has 0 aromatic heterocycles. The average Bonchev–Trinajstić information content (AvgIpc) is 2.53. The first-order valence-electron chi connectivity index (χ1n) is 7.73. The van der Waals surface area contributed by atoms with Gasteiger partial charge in [-0.25, -0.2) is 0 Å². The molecule has 0 radical (unpaired) electrons. The quantitative estimate of drug-likeness (QED) is 0.874. The van der Waals surface area contributed by atoms with E-state index in [1.54, 1.807) is 14.2 Å². The van der Waals surface area contributed by atoms with Crippen LogP contribution in [0.4, 0.5) is 0 Å². The summed E-state index contributed by atoms with van der Waals surface area (Å²) in [4.78, 5) is 0. The Morgan fingerprint density at radius 2 is 1.86 bits per heavy atom. The maximum Gasteiger partial charge on any atom is 0.127 e. The zero-order valence-corrected chi connectivity index (χ0v) is 13.3. The third-order valence-corrected chi connectivity index (χ3v) is 4.31. The molecule has 0 bridgehead atoms. The first kappa shape index (κ1) is 16.1. The van der Waals surface area contributed by atoms with E-state index in [4.69, 9.17) is 19.9 Å². The zero-order valence-electron chi connectivity index (χ0n) is 13.3. The molecule has 1 unspecified atom stereocenters. The average molecular weight is 293 g/mol. The molecular weight excluding hydrogens is 266 g/mol. The van der Waals surface area contributed by atoms with Crippen molar-refractivity contribution in [3.63, 3.8) is 0 Å². The van der Waals surface area contributed by atoms with Crippen LogP contribution >= 0.6 is 0 Å². The maximum absolute atomic E-state index is 6.26. The largest absolute Gasteiger partial charge is 0.497 e. The molecule has 4 nitrogen and oxygen atoms in total. The van der Waals surface area contributed by atoms with Gasteiger partial charge in [0.05, 0.1) is 33.0 Å². The molecule has 0 amide bonds. The van der Waals surface area contributed by atoms with Gasteiger partial charge in [0.1, 0.15) is 11.5 Å². The number of methoxy groups -OCH3 is 2. The van der Waals surface area contributed by atoms with Crippen LogP contribution in [-0.2, 0) is 4.74 Å². The molecule has 4 heteroatoms. The van der Waals surface area contributed by atoms with Crippen molar-refractivity contribution in [3.8, 4) is 11.5 Å².